The minimum absolute atomic E-state index is 0.653. The highest BCUT2D eigenvalue weighted by molar-refractivity contribution is 5.99. The zero-order valence-electron chi connectivity index (χ0n) is 62.1. The fraction of sp³-hybridized carbons (Fsp3) is 0.0291. The van der Waals surface area contributed by atoms with Crippen LogP contribution in [0.3, 0.4) is 0 Å². The van der Waals surface area contributed by atoms with Crippen molar-refractivity contribution < 1.29 is 0 Å². The summed E-state index contributed by atoms with van der Waals surface area (Å²) in [5.74, 6) is 0. The van der Waals surface area contributed by atoms with Crippen molar-refractivity contribution in [2.24, 2.45) is 0 Å². The quantitative estimate of drug-likeness (QED) is 0.0842. The van der Waals surface area contributed by atoms with Gasteiger partial charge in [0.25, 0.3) is 0 Å². The standard InChI is InChI=1S/C36H27N3.C35H28N2.C32H25N3/c1-38(31-18-14-27(26-37)15-19-31)32-22-24-34(25-23-32)39(36-13-7-11-30-10-5-6-12-35(30)36)33-20-16-29(17-21-33)28-8-3-2-4-9-28;1-36(31-14-6-3-7-15-31)32-22-24-34(25-23-32)37(35-21-18-28-12-8-9-13-30(28)26-35)33-19-16-29(17-20-33)27-10-4-2-5-11-27;1-34(32-14-8-9-25(23-32)24-33)28-19-21-31(22-20-28)35(29-12-6-3-7-13-29)30-17-15-27(16-18-30)26-10-4-2-5-11-26/h2-25H,1H3;2-26H,1H3;2-23H,1H3. The van der Waals surface area contributed by atoms with Gasteiger partial charge in [0.1, 0.15) is 0 Å². The third kappa shape index (κ3) is 16.7. The maximum absolute atomic E-state index is 9.24. The van der Waals surface area contributed by atoms with Crippen molar-refractivity contribution >= 4 is 107 Å². The molecule has 0 N–H and O–H groups in total. The van der Waals surface area contributed by atoms with Crippen molar-refractivity contribution in [1.29, 1.82) is 10.5 Å². The van der Waals surface area contributed by atoms with Gasteiger partial charge in [-0.2, -0.15) is 10.5 Å². The maximum Gasteiger partial charge on any atom is 0.0992 e. The lowest BCUT2D eigenvalue weighted by molar-refractivity contribution is 1.20. The topological polar surface area (TPSA) is 67.0 Å². The van der Waals surface area contributed by atoms with Crippen LogP contribution in [-0.4, -0.2) is 21.1 Å². The highest BCUT2D eigenvalue weighted by Gasteiger charge is 2.20. The lowest BCUT2D eigenvalue weighted by Gasteiger charge is -2.28. The molecule has 0 fully saturated rings. The van der Waals surface area contributed by atoms with E-state index in [0.717, 1.165) is 85.3 Å². The lowest BCUT2D eigenvalue weighted by atomic mass is 10.0. The molecular formula is C103H80N8. The van der Waals surface area contributed by atoms with E-state index in [1.54, 1.807) is 0 Å². The fourth-order valence-electron chi connectivity index (χ4n) is 14.0. The lowest BCUT2D eigenvalue weighted by Crippen LogP contribution is -2.12. The van der Waals surface area contributed by atoms with Crippen LogP contribution in [0.25, 0.3) is 54.9 Å². The van der Waals surface area contributed by atoms with Crippen LogP contribution in [0.1, 0.15) is 11.1 Å². The number of hydrogen-bond donors (Lipinski definition) is 0. The van der Waals surface area contributed by atoms with Gasteiger partial charge in [-0.1, -0.05) is 237 Å². The molecule has 0 aromatic heterocycles. The van der Waals surface area contributed by atoms with Crippen molar-refractivity contribution in [1.82, 2.24) is 0 Å². The summed E-state index contributed by atoms with van der Waals surface area (Å²) in [7, 11) is 6.16. The summed E-state index contributed by atoms with van der Waals surface area (Å²) >= 11 is 0. The van der Waals surface area contributed by atoms with Gasteiger partial charge < -0.3 is 29.4 Å². The maximum atomic E-state index is 9.24. The first kappa shape index (κ1) is 71.6. The molecule has 0 atom stereocenters. The predicted molar refractivity (Wildman–Crippen MR) is 468 cm³/mol. The minimum Gasteiger partial charge on any atom is -0.345 e. The Labute approximate surface area is 651 Å². The Bertz CT molecular complexity index is 5970. The number of hydrogen-bond acceptors (Lipinski definition) is 8. The van der Waals surface area contributed by atoms with E-state index in [4.69, 9.17) is 5.26 Å². The van der Waals surface area contributed by atoms with Gasteiger partial charge in [-0.15, -0.1) is 0 Å². The number of fused-ring (bicyclic) bond motifs is 2. The van der Waals surface area contributed by atoms with Gasteiger partial charge >= 0.3 is 0 Å². The van der Waals surface area contributed by atoms with E-state index in [1.807, 2.05) is 86.9 Å². The van der Waals surface area contributed by atoms with Crippen molar-refractivity contribution in [3.8, 4) is 45.5 Å². The second-order valence-corrected chi connectivity index (χ2v) is 27.0. The van der Waals surface area contributed by atoms with Crippen LogP contribution in [0.15, 0.2) is 431 Å². The van der Waals surface area contributed by atoms with Gasteiger partial charge in [0, 0.05) is 106 Å². The Balaban J connectivity index is 0.000000132. The molecule has 0 aliphatic rings. The van der Waals surface area contributed by atoms with Gasteiger partial charge in [-0.05, 0) is 244 Å². The van der Waals surface area contributed by atoms with Crippen molar-refractivity contribution in [3.05, 3.63) is 442 Å². The smallest absolute Gasteiger partial charge is 0.0992 e. The third-order valence-corrected chi connectivity index (χ3v) is 20.1. The Morgan fingerprint density at radius 2 is 0.459 bits per heavy atom. The number of benzene rings is 17. The summed E-state index contributed by atoms with van der Waals surface area (Å²) in [5, 5.41) is 23.2. The molecule has 0 spiro atoms. The molecule has 17 aromatic carbocycles. The van der Waals surface area contributed by atoms with E-state index in [2.05, 4.69) is 407 Å². The highest BCUT2D eigenvalue weighted by atomic mass is 15.2. The van der Waals surface area contributed by atoms with E-state index in [0.29, 0.717) is 11.1 Å². The summed E-state index contributed by atoms with van der Waals surface area (Å²) < 4.78 is 0. The van der Waals surface area contributed by atoms with Gasteiger partial charge in [0.15, 0.2) is 0 Å². The second kappa shape index (κ2) is 34.1. The molecule has 17 aromatic rings. The monoisotopic (exact) mass is 1430 g/mol. The van der Waals surface area contributed by atoms with Crippen LogP contribution >= 0.6 is 0 Å². The molecular weight excluding hydrogens is 1350 g/mol. The summed E-state index contributed by atoms with van der Waals surface area (Å²) in [4.78, 5) is 13.3. The normalized spacial score (nSPS) is 10.6. The van der Waals surface area contributed by atoms with Crippen LogP contribution in [0.4, 0.5) is 85.3 Å². The minimum atomic E-state index is 0.653. The summed E-state index contributed by atoms with van der Waals surface area (Å²) in [6.07, 6.45) is 0. The molecule has 0 saturated heterocycles. The molecule has 0 radical (unpaired) electrons. The van der Waals surface area contributed by atoms with E-state index in [9.17, 15) is 5.26 Å². The number of nitriles is 2. The van der Waals surface area contributed by atoms with E-state index in [1.165, 1.54) is 54.9 Å². The molecule has 0 amide bonds. The number of nitrogens with zero attached hydrogens (tertiary/aromatic N) is 8. The van der Waals surface area contributed by atoms with Gasteiger partial charge in [-0.3, -0.25) is 0 Å². The summed E-state index contributed by atoms with van der Waals surface area (Å²) in [5.41, 5.74) is 24.9. The molecule has 111 heavy (non-hydrogen) atoms. The molecule has 0 unspecified atom stereocenters. The molecule has 0 aliphatic carbocycles. The molecule has 0 saturated carbocycles. The Hall–Kier alpha value is -15.0. The van der Waals surface area contributed by atoms with Gasteiger partial charge in [0.2, 0.25) is 0 Å². The van der Waals surface area contributed by atoms with E-state index >= 15 is 0 Å². The van der Waals surface area contributed by atoms with Crippen molar-refractivity contribution in [2.45, 2.75) is 0 Å². The molecule has 0 heterocycles. The molecule has 8 nitrogen and oxygen atoms in total. The average Bonchev–Trinajstić information content (AvgIpc) is 0.783. The second-order valence-electron chi connectivity index (χ2n) is 27.0. The number of anilines is 15. The van der Waals surface area contributed by atoms with Crippen LogP contribution in [0.2, 0.25) is 0 Å². The summed E-state index contributed by atoms with van der Waals surface area (Å²) in [6.45, 7) is 0. The van der Waals surface area contributed by atoms with Crippen LogP contribution in [-0.2, 0) is 0 Å². The third-order valence-electron chi connectivity index (χ3n) is 20.1. The molecule has 0 bridgehead atoms. The van der Waals surface area contributed by atoms with Crippen LogP contribution in [0, 0.1) is 22.7 Å². The van der Waals surface area contributed by atoms with E-state index < -0.39 is 0 Å². The highest BCUT2D eigenvalue weighted by Crippen LogP contribution is 2.43. The van der Waals surface area contributed by atoms with Crippen LogP contribution in [0.5, 0.6) is 0 Å². The zero-order chi connectivity index (χ0) is 75.7. The number of para-hydroxylation sites is 2. The summed E-state index contributed by atoms with van der Waals surface area (Å²) in [6, 6.07) is 154. The predicted octanol–water partition coefficient (Wildman–Crippen LogP) is 27.8. The first-order chi connectivity index (χ1) is 54.7. The fourth-order valence-corrected chi connectivity index (χ4v) is 14.0. The molecule has 532 valence electrons. The van der Waals surface area contributed by atoms with E-state index in [-0.39, 0.29) is 0 Å². The van der Waals surface area contributed by atoms with Crippen LogP contribution < -0.4 is 29.4 Å². The largest absolute Gasteiger partial charge is 0.345 e. The molecule has 0 aliphatic heterocycles. The molecule has 17 rings (SSSR count). The Morgan fingerprint density at radius 1 is 0.180 bits per heavy atom. The Morgan fingerprint density at radius 3 is 0.901 bits per heavy atom. The first-order valence-corrected chi connectivity index (χ1v) is 37.2. The number of rotatable bonds is 18. The van der Waals surface area contributed by atoms with Crippen molar-refractivity contribution in [3.63, 3.8) is 0 Å². The Kier molecular flexibility index (Phi) is 22.0. The van der Waals surface area contributed by atoms with Crippen molar-refractivity contribution in [2.75, 3.05) is 50.5 Å². The SMILES string of the molecule is CN(c1ccc(C#N)cc1)c1ccc(N(c2ccc(-c3ccccc3)cc2)c2cccc3ccccc23)cc1.CN(c1ccc(N(c2ccccc2)c2ccc(-c3ccccc3)cc2)cc1)c1cccc(C#N)c1.CN(c1ccccc1)c1ccc(N(c2ccc(-c3ccccc3)cc2)c2ccc3ccccc3c2)cc1. The van der Waals surface area contributed by atoms with Gasteiger partial charge in [0.05, 0.1) is 29.0 Å². The first-order valence-electron chi connectivity index (χ1n) is 37.2. The average molecular weight is 1430 g/mol. The van der Waals surface area contributed by atoms with Gasteiger partial charge in [-0.25, -0.2) is 0 Å². The molecule has 8 heteroatoms. The zero-order valence-corrected chi connectivity index (χ0v) is 62.1.